The zero-order chi connectivity index (χ0) is 19.5. The third-order valence-corrected chi connectivity index (χ3v) is 4.55. The Labute approximate surface area is 166 Å². The Balaban J connectivity index is 1.48. The number of aromatic amines is 1. The van der Waals surface area contributed by atoms with Crippen molar-refractivity contribution in [3.05, 3.63) is 95.1 Å². The number of carbonyl (C=O) groups is 2. The summed E-state index contributed by atoms with van der Waals surface area (Å²) in [5.41, 5.74) is 3.17. The Morgan fingerprint density at radius 1 is 0.750 bits per heavy atom. The zero-order valence-corrected chi connectivity index (χ0v) is 15.5. The second-order valence-electron chi connectivity index (χ2n) is 6.28. The molecule has 4 aromatic rings. The van der Waals surface area contributed by atoms with Gasteiger partial charge in [0.25, 0.3) is 11.8 Å². The topological polar surface area (TPSA) is 74.0 Å². The first kappa shape index (κ1) is 17.8. The van der Waals surface area contributed by atoms with Gasteiger partial charge in [0.1, 0.15) is 0 Å². The number of halogens is 1. The van der Waals surface area contributed by atoms with Crippen LogP contribution in [0.4, 0.5) is 11.4 Å². The molecule has 0 fully saturated rings. The van der Waals surface area contributed by atoms with Crippen LogP contribution in [0.2, 0.25) is 5.02 Å². The van der Waals surface area contributed by atoms with Gasteiger partial charge in [-0.15, -0.1) is 0 Å². The van der Waals surface area contributed by atoms with Crippen molar-refractivity contribution >= 4 is 45.7 Å². The normalized spacial score (nSPS) is 10.6. The highest BCUT2D eigenvalue weighted by Gasteiger charge is 2.10. The minimum absolute atomic E-state index is 0.252. The van der Waals surface area contributed by atoms with Crippen LogP contribution >= 0.6 is 11.6 Å². The van der Waals surface area contributed by atoms with Gasteiger partial charge in [0.2, 0.25) is 0 Å². The van der Waals surface area contributed by atoms with E-state index in [4.69, 9.17) is 11.6 Å². The lowest BCUT2D eigenvalue weighted by atomic mass is 10.1. The van der Waals surface area contributed by atoms with Crippen molar-refractivity contribution in [3.63, 3.8) is 0 Å². The standard InChI is InChI=1S/C22H16ClN3O2/c23-17-6-4-14(5-7-17)21(27)25-18-3-1-2-16(13-18)22(28)26-19-8-9-20-15(12-19)10-11-24-20/h1-13,24H,(H,25,27)(H,26,28). The highest BCUT2D eigenvalue weighted by molar-refractivity contribution is 6.30. The van der Waals surface area contributed by atoms with E-state index >= 15 is 0 Å². The first-order chi connectivity index (χ1) is 13.6. The van der Waals surface area contributed by atoms with Gasteiger partial charge in [-0.3, -0.25) is 9.59 Å². The minimum Gasteiger partial charge on any atom is -0.361 e. The lowest BCUT2D eigenvalue weighted by Gasteiger charge is -2.09. The predicted octanol–water partition coefficient (Wildman–Crippen LogP) is 5.33. The van der Waals surface area contributed by atoms with Crippen LogP contribution in [0.5, 0.6) is 0 Å². The van der Waals surface area contributed by atoms with Crippen LogP contribution in [-0.2, 0) is 0 Å². The fourth-order valence-electron chi connectivity index (χ4n) is 2.88. The number of H-pyrrole nitrogens is 1. The fourth-order valence-corrected chi connectivity index (χ4v) is 3.00. The number of nitrogens with one attached hydrogen (secondary N) is 3. The molecule has 0 atom stereocenters. The van der Waals surface area contributed by atoms with Crippen molar-refractivity contribution in [2.24, 2.45) is 0 Å². The molecule has 3 N–H and O–H groups in total. The maximum atomic E-state index is 12.6. The van der Waals surface area contributed by atoms with Crippen LogP contribution in [-0.4, -0.2) is 16.8 Å². The molecule has 5 nitrogen and oxygen atoms in total. The quantitative estimate of drug-likeness (QED) is 0.441. The van der Waals surface area contributed by atoms with E-state index in [-0.39, 0.29) is 11.8 Å². The van der Waals surface area contributed by atoms with E-state index in [9.17, 15) is 9.59 Å². The van der Waals surface area contributed by atoms with Gasteiger partial charge in [-0.25, -0.2) is 0 Å². The summed E-state index contributed by atoms with van der Waals surface area (Å²) in [6.07, 6.45) is 1.85. The SMILES string of the molecule is O=C(Nc1cccc(C(=O)Nc2ccc3[nH]ccc3c2)c1)c1ccc(Cl)cc1. The van der Waals surface area contributed by atoms with Crippen LogP contribution in [0.3, 0.4) is 0 Å². The summed E-state index contributed by atoms with van der Waals surface area (Å²) in [6, 6.07) is 21.0. The fraction of sp³-hybridized carbons (Fsp3) is 0. The van der Waals surface area contributed by atoms with Crippen molar-refractivity contribution in [3.8, 4) is 0 Å². The van der Waals surface area contributed by atoms with E-state index in [2.05, 4.69) is 15.6 Å². The number of aromatic nitrogens is 1. The average Bonchev–Trinajstić information content (AvgIpc) is 3.16. The molecular weight excluding hydrogens is 374 g/mol. The summed E-state index contributed by atoms with van der Waals surface area (Å²) in [5, 5.41) is 7.25. The molecule has 28 heavy (non-hydrogen) atoms. The molecule has 4 rings (SSSR count). The molecule has 1 aromatic heterocycles. The van der Waals surface area contributed by atoms with Gasteiger partial charge < -0.3 is 15.6 Å². The Morgan fingerprint density at radius 3 is 2.25 bits per heavy atom. The van der Waals surface area contributed by atoms with Crippen molar-refractivity contribution in [1.82, 2.24) is 4.98 Å². The first-order valence-electron chi connectivity index (χ1n) is 8.64. The monoisotopic (exact) mass is 389 g/mol. The predicted molar refractivity (Wildman–Crippen MR) is 112 cm³/mol. The molecule has 138 valence electrons. The molecule has 0 aliphatic carbocycles. The van der Waals surface area contributed by atoms with Crippen LogP contribution in [0.1, 0.15) is 20.7 Å². The Kier molecular flexibility index (Phi) is 4.83. The molecule has 0 spiro atoms. The van der Waals surface area contributed by atoms with E-state index in [0.717, 1.165) is 10.9 Å². The molecule has 0 aliphatic rings. The summed E-state index contributed by atoms with van der Waals surface area (Å²) >= 11 is 5.85. The number of benzene rings is 3. The van der Waals surface area contributed by atoms with Gasteiger partial charge in [-0.05, 0) is 66.7 Å². The molecule has 0 radical (unpaired) electrons. The van der Waals surface area contributed by atoms with Gasteiger partial charge in [0.15, 0.2) is 0 Å². The molecule has 1 heterocycles. The van der Waals surface area contributed by atoms with Gasteiger partial charge in [0.05, 0.1) is 0 Å². The summed E-state index contributed by atoms with van der Waals surface area (Å²) in [5.74, 6) is -0.524. The molecule has 0 saturated heterocycles. The summed E-state index contributed by atoms with van der Waals surface area (Å²) in [7, 11) is 0. The Bertz CT molecular complexity index is 1170. The van der Waals surface area contributed by atoms with Gasteiger partial charge in [-0.2, -0.15) is 0 Å². The van der Waals surface area contributed by atoms with E-state index in [0.29, 0.717) is 27.5 Å². The van der Waals surface area contributed by atoms with E-state index in [1.165, 1.54) is 0 Å². The number of amides is 2. The maximum absolute atomic E-state index is 12.6. The highest BCUT2D eigenvalue weighted by Crippen LogP contribution is 2.19. The molecule has 2 amide bonds. The van der Waals surface area contributed by atoms with Crippen molar-refractivity contribution in [1.29, 1.82) is 0 Å². The van der Waals surface area contributed by atoms with E-state index in [1.54, 1.807) is 48.5 Å². The summed E-state index contributed by atoms with van der Waals surface area (Å²) < 4.78 is 0. The van der Waals surface area contributed by atoms with Gasteiger partial charge in [-0.1, -0.05) is 17.7 Å². The highest BCUT2D eigenvalue weighted by atomic mass is 35.5. The van der Waals surface area contributed by atoms with Crippen molar-refractivity contribution < 1.29 is 9.59 Å². The minimum atomic E-state index is -0.271. The van der Waals surface area contributed by atoms with Crippen LogP contribution in [0.15, 0.2) is 79.0 Å². The Morgan fingerprint density at radius 2 is 1.46 bits per heavy atom. The molecule has 0 aliphatic heterocycles. The van der Waals surface area contributed by atoms with Crippen molar-refractivity contribution in [2.75, 3.05) is 10.6 Å². The molecule has 0 bridgehead atoms. The summed E-state index contributed by atoms with van der Waals surface area (Å²) in [6.45, 7) is 0. The lowest BCUT2D eigenvalue weighted by molar-refractivity contribution is 0.101. The second-order valence-corrected chi connectivity index (χ2v) is 6.71. The maximum Gasteiger partial charge on any atom is 0.255 e. The van der Waals surface area contributed by atoms with Gasteiger partial charge in [0, 0.05) is 44.6 Å². The summed E-state index contributed by atoms with van der Waals surface area (Å²) in [4.78, 5) is 28.0. The number of rotatable bonds is 4. The first-order valence-corrected chi connectivity index (χ1v) is 9.02. The van der Waals surface area contributed by atoms with E-state index < -0.39 is 0 Å². The molecule has 0 unspecified atom stereocenters. The molecule has 0 saturated carbocycles. The van der Waals surface area contributed by atoms with Crippen molar-refractivity contribution in [2.45, 2.75) is 0 Å². The molecular formula is C22H16ClN3O2. The molecule has 3 aromatic carbocycles. The number of fused-ring (bicyclic) bond motifs is 1. The number of anilines is 2. The largest absolute Gasteiger partial charge is 0.361 e. The smallest absolute Gasteiger partial charge is 0.255 e. The average molecular weight is 390 g/mol. The zero-order valence-electron chi connectivity index (χ0n) is 14.7. The van der Waals surface area contributed by atoms with Gasteiger partial charge >= 0.3 is 0 Å². The third-order valence-electron chi connectivity index (χ3n) is 4.30. The second kappa shape index (κ2) is 7.58. The Hall–Kier alpha value is -3.57. The third kappa shape index (κ3) is 3.89. The number of hydrogen-bond acceptors (Lipinski definition) is 2. The number of hydrogen-bond donors (Lipinski definition) is 3. The molecule has 6 heteroatoms. The van der Waals surface area contributed by atoms with E-state index in [1.807, 2.05) is 30.5 Å². The van der Waals surface area contributed by atoms with Crippen LogP contribution in [0.25, 0.3) is 10.9 Å². The van der Waals surface area contributed by atoms with Crippen LogP contribution in [0, 0.1) is 0 Å². The lowest BCUT2D eigenvalue weighted by Crippen LogP contribution is -2.14. The number of carbonyl (C=O) groups excluding carboxylic acids is 2. The van der Waals surface area contributed by atoms with Crippen LogP contribution < -0.4 is 10.6 Å².